The first-order valence-corrected chi connectivity index (χ1v) is 7.08. The van der Waals surface area contributed by atoms with E-state index >= 15 is 0 Å². The lowest BCUT2D eigenvalue weighted by atomic mass is 10.1. The van der Waals surface area contributed by atoms with Crippen molar-refractivity contribution in [2.75, 3.05) is 13.7 Å². The highest BCUT2D eigenvalue weighted by molar-refractivity contribution is 5.94. The van der Waals surface area contributed by atoms with Gasteiger partial charge in [-0.05, 0) is 24.3 Å². The van der Waals surface area contributed by atoms with E-state index < -0.39 is 0 Å². The zero-order valence-corrected chi connectivity index (χ0v) is 12.6. The molecule has 1 aromatic carbocycles. The van der Waals surface area contributed by atoms with Gasteiger partial charge in [-0.25, -0.2) is 4.68 Å². The summed E-state index contributed by atoms with van der Waals surface area (Å²) in [6.45, 7) is 1.02. The second kappa shape index (κ2) is 5.63. The third kappa shape index (κ3) is 2.59. The number of nitrogens with zero attached hydrogens (tertiary/aromatic N) is 3. The standard InChI is InChI=1S/C16H17N3O3/c1-18-15(20)9-12-10-19(8-7-14(12)17-18)16(21)11-3-5-13(22-2)6-4-11/h3-6,9H,7-8,10H2,1-2H3. The van der Waals surface area contributed by atoms with E-state index in [1.165, 1.54) is 4.68 Å². The van der Waals surface area contributed by atoms with Crippen molar-refractivity contribution in [2.24, 2.45) is 7.05 Å². The van der Waals surface area contributed by atoms with E-state index in [9.17, 15) is 9.59 Å². The van der Waals surface area contributed by atoms with Gasteiger partial charge in [-0.15, -0.1) is 0 Å². The lowest BCUT2D eigenvalue weighted by molar-refractivity contribution is 0.0732. The van der Waals surface area contributed by atoms with E-state index in [0.717, 1.165) is 11.3 Å². The van der Waals surface area contributed by atoms with Crippen LogP contribution in [-0.4, -0.2) is 34.2 Å². The van der Waals surface area contributed by atoms with Gasteiger partial charge < -0.3 is 9.64 Å². The fourth-order valence-electron chi connectivity index (χ4n) is 2.58. The van der Waals surface area contributed by atoms with Crippen molar-refractivity contribution in [1.82, 2.24) is 14.7 Å². The predicted molar refractivity (Wildman–Crippen MR) is 80.9 cm³/mol. The predicted octanol–water partition coefficient (Wildman–Crippen LogP) is 0.987. The van der Waals surface area contributed by atoms with Crippen LogP contribution in [0.15, 0.2) is 35.1 Å². The van der Waals surface area contributed by atoms with Gasteiger partial charge in [0, 0.05) is 43.8 Å². The Balaban J connectivity index is 1.82. The molecule has 1 amide bonds. The second-order valence-electron chi connectivity index (χ2n) is 5.28. The molecule has 0 saturated heterocycles. The van der Waals surface area contributed by atoms with Crippen LogP contribution in [0.4, 0.5) is 0 Å². The molecule has 3 rings (SSSR count). The SMILES string of the molecule is COc1ccc(C(=O)N2CCc3nn(C)c(=O)cc3C2)cc1. The summed E-state index contributed by atoms with van der Waals surface area (Å²) >= 11 is 0. The summed E-state index contributed by atoms with van der Waals surface area (Å²) in [4.78, 5) is 26.0. The molecule has 2 aromatic rings. The summed E-state index contributed by atoms with van der Waals surface area (Å²) in [5.74, 6) is 0.669. The second-order valence-corrected chi connectivity index (χ2v) is 5.28. The Morgan fingerprint density at radius 2 is 2.00 bits per heavy atom. The first-order valence-electron chi connectivity index (χ1n) is 7.08. The summed E-state index contributed by atoms with van der Waals surface area (Å²) < 4.78 is 6.43. The van der Waals surface area contributed by atoms with Gasteiger partial charge in [0.15, 0.2) is 0 Å². The molecule has 114 valence electrons. The minimum atomic E-state index is -0.155. The number of hydrogen-bond acceptors (Lipinski definition) is 4. The summed E-state index contributed by atoms with van der Waals surface area (Å²) in [6, 6.07) is 8.60. The largest absolute Gasteiger partial charge is 0.497 e. The molecule has 0 N–H and O–H groups in total. The normalized spacial score (nSPS) is 13.6. The van der Waals surface area contributed by atoms with E-state index in [1.54, 1.807) is 49.4 Å². The quantitative estimate of drug-likeness (QED) is 0.829. The number of benzene rings is 1. The molecule has 0 unspecified atom stereocenters. The number of carbonyl (C=O) groups excluding carboxylic acids is 1. The summed E-state index contributed by atoms with van der Waals surface area (Å²) in [5, 5.41) is 4.25. The van der Waals surface area contributed by atoms with Crippen molar-refractivity contribution in [1.29, 1.82) is 0 Å². The van der Waals surface area contributed by atoms with Crippen molar-refractivity contribution in [2.45, 2.75) is 13.0 Å². The molecule has 0 atom stereocenters. The molecule has 1 aliphatic heterocycles. The number of aryl methyl sites for hydroxylation is 1. The van der Waals surface area contributed by atoms with Crippen LogP contribution in [0, 0.1) is 0 Å². The molecule has 6 nitrogen and oxygen atoms in total. The Bertz CT molecular complexity index is 765. The number of aromatic nitrogens is 2. The van der Waals surface area contributed by atoms with Gasteiger partial charge in [-0.3, -0.25) is 9.59 Å². The van der Waals surface area contributed by atoms with Gasteiger partial charge in [0.05, 0.1) is 12.8 Å². The molecule has 2 heterocycles. The molecule has 0 bridgehead atoms. The Morgan fingerprint density at radius 1 is 1.27 bits per heavy atom. The van der Waals surface area contributed by atoms with Crippen LogP contribution in [0.25, 0.3) is 0 Å². The Kier molecular flexibility index (Phi) is 3.66. The maximum Gasteiger partial charge on any atom is 0.266 e. The maximum atomic E-state index is 12.5. The van der Waals surface area contributed by atoms with Crippen molar-refractivity contribution in [3.8, 4) is 5.75 Å². The maximum absolute atomic E-state index is 12.5. The summed E-state index contributed by atoms with van der Waals surface area (Å²) in [7, 11) is 3.23. The first-order chi connectivity index (χ1) is 10.6. The van der Waals surface area contributed by atoms with Crippen LogP contribution in [0.3, 0.4) is 0 Å². The topological polar surface area (TPSA) is 64.4 Å². The molecule has 1 aromatic heterocycles. The molecule has 6 heteroatoms. The van der Waals surface area contributed by atoms with E-state index in [-0.39, 0.29) is 11.5 Å². The van der Waals surface area contributed by atoms with Crippen LogP contribution in [-0.2, 0) is 20.0 Å². The number of rotatable bonds is 2. The fourth-order valence-corrected chi connectivity index (χ4v) is 2.58. The van der Waals surface area contributed by atoms with Crippen LogP contribution in [0.5, 0.6) is 5.75 Å². The van der Waals surface area contributed by atoms with Gasteiger partial charge in [-0.2, -0.15) is 5.10 Å². The molecule has 0 spiro atoms. The van der Waals surface area contributed by atoms with Crippen molar-refractivity contribution < 1.29 is 9.53 Å². The van der Waals surface area contributed by atoms with E-state index in [4.69, 9.17) is 4.74 Å². The first kappa shape index (κ1) is 14.3. The Hall–Kier alpha value is -2.63. The third-order valence-corrected chi connectivity index (χ3v) is 3.86. The monoisotopic (exact) mass is 299 g/mol. The smallest absolute Gasteiger partial charge is 0.266 e. The number of fused-ring (bicyclic) bond motifs is 1. The minimum absolute atomic E-state index is 0.0472. The van der Waals surface area contributed by atoms with Crippen LogP contribution >= 0.6 is 0 Å². The average molecular weight is 299 g/mol. The minimum Gasteiger partial charge on any atom is -0.497 e. The van der Waals surface area contributed by atoms with E-state index in [2.05, 4.69) is 5.10 Å². The van der Waals surface area contributed by atoms with Crippen LogP contribution in [0.2, 0.25) is 0 Å². The molecule has 0 fully saturated rings. The molecule has 1 aliphatic rings. The molecular formula is C16H17N3O3. The number of methoxy groups -OCH3 is 1. The summed E-state index contributed by atoms with van der Waals surface area (Å²) in [6.07, 6.45) is 0.658. The zero-order valence-electron chi connectivity index (χ0n) is 12.6. The van der Waals surface area contributed by atoms with Gasteiger partial charge in [0.2, 0.25) is 0 Å². The number of hydrogen-bond donors (Lipinski definition) is 0. The zero-order chi connectivity index (χ0) is 15.7. The molecule has 0 aliphatic carbocycles. The lowest BCUT2D eigenvalue weighted by Crippen LogP contribution is -2.38. The average Bonchev–Trinajstić information content (AvgIpc) is 2.55. The molecule has 0 radical (unpaired) electrons. The van der Waals surface area contributed by atoms with Crippen molar-refractivity contribution >= 4 is 5.91 Å². The Morgan fingerprint density at radius 3 is 2.68 bits per heavy atom. The highest BCUT2D eigenvalue weighted by Crippen LogP contribution is 2.19. The van der Waals surface area contributed by atoms with Gasteiger partial charge >= 0.3 is 0 Å². The highest BCUT2D eigenvalue weighted by Gasteiger charge is 2.23. The third-order valence-electron chi connectivity index (χ3n) is 3.86. The van der Waals surface area contributed by atoms with Gasteiger partial charge in [0.25, 0.3) is 11.5 Å². The molecular weight excluding hydrogens is 282 g/mol. The fraction of sp³-hybridized carbons (Fsp3) is 0.312. The van der Waals surface area contributed by atoms with E-state index in [1.807, 2.05) is 0 Å². The van der Waals surface area contributed by atoms with Crippen molar-refractivity contribution in [3.05, 3.63) is 57.5 Å². The van der Waals surface area contributed by atoms with Gasteiger partial charge in [-0.1, -0.05) is 0 Å². The van der Waals surface area contributed by atoms with Crippen molar-refractivity contribution in [3.63, 3.8) is 0 Å². The lowest BCUT2D eigenvalue weighted by Gasteiger charge is -2.28. The van der Waals surface area contributed by atoms with Crippen LogP contribution in [0.1, 0.15) is 21.6 Å². The van der Waals surface area contributed by atoms with Crippen LogP contribution < -0.4 is 10.3 Å². The van der Waals surface area contributed by atoms with E-state index in [0.29, 0.717) is 30.8 Å². The molecule has 0 saturated carbocycles. The Labute approximate surface area is 127 Å². The van der Waals surface area contributed by atoms with Gasteiger partial charge in [0.1, 0.15) is 5.75 Å². The number of amides is 1. The molecule has 22 heavy (non-hydrogen) atoms. The number of ether oxygens (including phenoxy) is 1. The number of carbonyl (C=O) groups is 1. The highest BCUT2D eigenvalue weighted by atomic mass is 16.5. The summed E-state index contributed by atoms with van der Waals surface area (Å²) in [5.41, 5.74) is 2.18.